The van der Waals surface area contributed by atoms with E-state index in [1.54, 1.807) is 7.11 Å². The van der Waals surface area contributed by atoms with E-state index in [4.69, 9.17) is 4.74 Å². The highest BCUT2D eigenvalue weighted by Crippen LogP contribution is 2.24. The summed E-state index contributed by atoms with van der Waals surface area (Å²) >= 11 is 0. The first-order valence-corrected chi connectivity index (χ1v) is 7.20. The van der Waals surface area contributed by atoms with Gasteiger partial charge in [0.25, 0.3) is 0 Å². The van der Waals surface area contributed by atoms with E-state index in [1.165, 1.54) is 0 Å². The Morgan fingerprint density at radius 1 is 1.18 bits per heavy atom. The van der Waals surface area contributed by atoms with Crippen molar-refractivity contribution in [2.24, 2.45) is 0 Å². The fourth-order valence-corrected chi connectivity index (χ4v) is 2.58. The van der Waals surface area contributed by atoms with E-state index >= 15 is 0 Å². The van der Waals surface area contributed by atoms with Crippen molar-refractivity contribution >= 4 is 17.7 Å². The monoisotopic (exact) mass is 294 g/mol. The molecule has 22 heavy (non-hydrogen) atoms. The summed E-state index contributed by atoms with van der Waals surface area (Å²) in [5.41, 5.74) is 2.98. The lowest BCUT2D eigenvalue weighted by Crippen LogP contribution is -2.49. The van der Waals surface area contributed by atoms with Crippen LogP contribution in [-0.4, -0.2) is 26.1 Å². The molecule has 2 aromatic carbocycles. The molecule has 0 radical (unpaired) electrons. The number of nitrogens with one attached hydrogen (secondary N) is 1. The summed E-state index contributed by atoms with van der Waals surface area (Å²) in [5.74, 6) is 0.799. The summed E-state index contributed by atoms with van der Waals surface area (Å²) < 4.78 is 5.25. The van der Waals surface area contributed by atoms with E-state index in [2.05, 4.69) is 11.4 Å². The number of para-hydroxylation sites is 1. The molecular weight excluding hydrogens is 276 g/mol. The first-order valence-electron chi connectivity index (χ1n) is 7.20. The van der Waals surface area contributed by atoms with Crippen LogP contribution in [0.5, 0.6) is 5.75 Å². The zero-order chi connectivity index (χ0) is 15.4. The molecule has 2 aromatic rings. The molecule has 0 saturated carbocycles. The van der Waals surface area contributed by atoms with Crippen LogP contribution in [0.15, 0.2) is 60.7 Å². The van der Waals surface area contributed by atoms with Crippen LogP contribution in [-0.2, 0) is 4.79 Å². The lowest BCUT2D eigenvalue weighted by Gasteiger charge is -2.35. The number of anilines is 1. The predicted octanol–water partition coefficient (Wildman–Crippen LogP) is 2.67. The Hall–Kier alpha value is -2.75. The number of rotatable bonds is 4. The van der Waals surface area contributed by atoms with Gasteiger partial charge >= 0.3 is 0 Å². The van der Waals surface area contributed by atoms with Crippen molar-refractivity contribution in [1.29, 1.82) is 0 Å². The second-order valence-electron chi connectivity index (χ2n) is 5.06. The Kier molecular flexibility index (Phi) is 4.10. The first kappa shape index (κ1) is 14.2. The Balaban J connectivity index is 1.87. The SMILES string of the molecule is COc1cccc(C2=CCN(c3ccccc3)C(C=O)N2)c1. The van der Waals surface area contributed by atoms with Crippen molar-refractivity contribution in [3.63, 3.8) is 0 Å². The van der Waals surface area contributed by atoms with E-state index in [9.17, 15) is 4.79 Å². The lowest BCUT2D eigenvalue weighted by molar-refractivity contribution is -0.109. The van der Waals surface area contributed by atoms with Crippen LogP contribution < -0.4 is 15.0 Å². The highest BCUT2D eigenvalue weighted by Gasteiger charge is 2.22. The molecule has 4 heteroatoms. The fourth-order valence-electron chi connectivity index (χ4n) is 2.58. The topological polar surface area (TPSA) is 41.6 Å². The second-order valence-corrected chi connectivity index (χ2v) is 5.06. The van der Waals surface area contributed by atoms with Crippen LogP contribution in [0.25, 0.3) is 5.70 Å². The third-order valence-corrected chi connectivity index (χ3v) is 3.73. The number of aldehydes is 1. The molecule has 112 valence electrons. The van der Waals surface area contributed by atoms with Crippen molar-refractivity contribution in [3.8, 4) is 5.75 Å². The molecule has 0 fully saturated rings. The minimum Gasteiger partial charge on any atom is -0.497 e. The number of hydrogen-bond donors (Lipinski definition) is 1. The molecule has 3 rings (SSSR count). The van der Waals surface area contributed by atoms with Crippen molar-refractivity contribution in [1.82, 2.24) is 5.32 Å². The summed E-state index contributed by atoms with van der Waals surface area (Å²) in [4.78, 5) is 13.5. The van der Waals surface area contributed by atoms with Crippen LogP contribution in [0.4, 0.5) is 5.69 Å². The number of benzene rings is 2. The smallest absolute Gasteiger partial charge is 0.162 e. The highest BCUT2D eigenvalue weighted by molar-refractivity contribution is 5.75. The summed E-state index contributed by atoms with van der Waals surface area (Å²) in [6.07, 6.45) is 2.63. The molecule has 1 unspecified atom stereocenters. The summed E-state index contributed by atoms with van der Waals surface area (Å²) in [7, 11) is 1.65. The van der Waals surface area contributed by atoms with Crippen LogP contribution in [0, 0.1) is 0 Å². The summed E-state index contributed by atoms with van der Waals surface area (Å²) in [6.45, 7) is 0.674. The number of methoxy groups -OCH3 is 1. The fraction of sp³-hybridized carbons (Fsp3) is 0.167. The van der Waals surface area contributed by atoms with E-state index in [0.29, 0.717) is 6.54 Å². The third-order valence-electron chi connectivity index (χ3n) is 3.73. The van der Waals surface area contributed by atoms with Gasteiger partial charge in [0.2, 0.25) is 0 Å². The van der Waals surface area contributed by atoms with Crippen molar-refractivity contribution in [3.05, 3.63) is 66.2 Å². The van der Waals surface area contributed by atoms with Gasteiger partial charge in [-0.15, -0.1) is 0 Å². The van der Waals surface area contributed by atoms with Gasteiger partial charge in [-0.3, -0.25) is 4.79 Å². The van der Waals surface area contributed by atoms with E-state index in [0.717, 1.165) is 29.0 Å². The van der Waals surface area contributed by atoms with E-state index in [-0.39, 0.29) is 6.17 Å². The van der Waals surface area contributed by atoms with Gasteiger partial charge in [-0.1, -0.05) is 30.3 Å². The quantitative estimate of drug-likeness (QED) is 0.880. The van der Waals surface area contributed by atoms with Crippen molar-refractivity contribution in [2.75, 3.05) is 18.6 Å². The Labute approximate surface area is 130 Å². The molecule has 0 aromatic heterocycles. The molecule has 1 N–H and O–H groups in total. The molecule has 0 spiro atoms. The number of carbonyl (C=O) groups is 1. The van der Waals surface area contributed by atoms with Gasteiger partial charge in [0, 0.05) is 23.5 Å². The normalized spacial score (nSPS) is 17.4. The predicted molar refractivity (Wildman–Crippen MR) is 87.7 cm³/mol. The van der Waals surface area contributed by atoms with Gasteiger partial charge in [-0.2, -0.15) is 0 Å². The highest BCUT2D eigenvalue weighted by atomic mass is 16.5. The minimum atomic E-state index is -0.381. The number of nitrogens with zero attached hydrogens (tertiary/aromatic N) is 1. The average Bonchev–Trinajstić information content (AvgIpc) is 2.62. The van der Waals surface area contributed by atoms with E-state index in [1.807, 2.05) is 59.5 Å². The molecule has 1 heterocycles. The Morgan fingerprint density at radius 3 is 2.73 bits per heavy atom. The number of ether oxygens (including phenoxy) is 1. The maximum absolute atomic E-state index is 11.5. The van der Waals surface area contributed by atoms with Gasteiger partial charge in [-0.25, -0.2) is 0 Å². The van der Waals surface area contributed by atoms with Crippen molar-refractivity contribution < 1.29 is 9.53 Å². The molecule has 1 aliphatic heterocycles. The van der Waals surface area contributed by atoms with Crippen LogP contribution in [0.3, 0.4) is 0 Å². The molecule has 0 saturated heterocycles. The maximum atomic E-state index is 11.5. The third kappa shape index (κ3) is 2.81. The zero-order valence-electron chi connectivity index (χ0n) is 12.4. The van der Waals surface area contributed by atoms with Gasteiger partial charge in [0.15, 0.2) is 12.5 Å². The molecule has 0 aliphatic carbocycles. The number of hydrogen-bond acceptors (Lipinski definition) is 4. The molecule has 0 bridgehead atoms. The molecule has 1 atom stereocenters. The van der Waals surface area contributed by atoms with Gasteiger partial charge < -0.3 is 15.0 Å². The Bertz CT molecular complexity index is 682. The van der Waals surface area contributed by atoms with Gasteiger partial charge in [0.1, 0.15) is 5.75 Å². The van der Waals surface area contributed by atoms with Crippen LogP contribution in [0.1, 0.15) is 5.56 Å². The Morgan fingerprint density at radius 2 is 2.00 bits per heavy atom. The van der Waals surface area contributed by atoms with Gasteiger partial charge in [-0.05, 0) is 30.3 Å². The lowest BCUT2D eigenvalue weighted by atomic mass is 10.1. The summed E-state index contributed by atoms with van der Waals surface area (Å²) in [5, 5.41) is 3.28. The van der Waals surface area contributed by atoms with Crippen LogP contribution in [0.2, 0.25) is 0 Å². The first-order chi connectivity index (χ1) is 10.8. The summed E-state index contributed by atoms with van der Waals surface area (Å²) in [6, 6.07) is 17.7. The molecular formula is C18H18N2O2. The average molecular weight is 294 g/mol. The number of carbonyl (C=O) groups excluding carboxylic acids is 1. The van der Waals surface area contributed by atoms with Crippen LogP contribution >= 0.6 is 0 Å². The van der Waals surface area contributed by atoms with E-state index < -0.39 is 0 Å². The molecule has 0 amide bonds. The van der Waals surface area contributed by atoms with Crippen molar-refractivity contribution in [2.45, 2.75) is 6.17 Å². The molecule has 4 nitrogen and oxygen atoms in total. The maximum Gasteiger partial charge on any atom is 0.162 e. The zero-order valence-corrected chi connectivity index (χ0v) is 12.4. The standard InChI is InChI=1S/C18H18N2O2/c1-22-16-9-5-6-14(12-16)17-10-11-20(18(13-21)19-17)15-7-3-2-4-8-15/h2-10,12-13,18-19H,11H2,1H3. The molecule has 1 aliphatic rings. The largest absolute Gasteiger partial charge is 0.497 e. The minimum absolute atomic E-state index is 0.381. The second kappa shape index (κ2) is 6.35. The van der Waals surface area contributed by atoms with Gasteiger partial charge in [0.05, 0.1) is 7.11 Å².